The van der Waals surface area contributed by atoms with E-state index in [0.717, 1.165) is 23.4 Å². The quantitative estimate of drug-likeness (QED) is 0.588. The maximum atomic E-state index is 13.0. The average Bonchev–Trinajstić information content (AvgIpc) is 3.24. The molecule has 4 aromatic rings. The summed E-state index contributed by atoms with van der Waals surface area (Å²) in [6, 6.07) is 16.7. The van der Waals surface area contributed by atoms with Crippen LogP contribution in [0, 0.1) is 5.82 Å². The molecule has 0 bridgehead atoms. The molecule has 120 valence electrons. The van der Waals surface area contributed by atoms with Gasteiger partial charge in [0.1, 0.15) is 5.82 Å². The van der Waals surface area contributed by atoms with E-state index in [1.165, 1.54) is 23.1 Å². The first-order valence-electron chi connectivity index (χ1n) is 7.85. The van der Waals surface area contributed by atoms with Crippen LogP contribution >= 0.6 is 0 Å². The van der Waals surface area contributed by atoms with Gasteiger partial charge in [0.15, 0.2) is 0 Å². The molecular weight excluding hydrogens is 303 g/mol. The third-order valence-electron chi connectivity index (χ3n) is 3.99. The Kier molecular flexibility index (Phi) is 3.84. The molecule has 24 heavy (non-hydrogen) atoms. The van der Waals surface area contributed by atoms with Crippen molar-refractivity contribution in [1.29, 1.82) is 0 Å². The summed E-state index contributed by atoms with van der Waals surface area (Å²) in [4.78, 5) is 3.19. The fraction of sp³-hybridized carbons (Fsp3) is 0.105. The van der Waals surface area contributed by atoms with Crippen molar-refractivity contribution in [3.63, 3.8) is 0 Å². The third-order valence-corrected chi connectivity index (χ3v) is 3.99. The Balaban J connectivity index is 1.38. The monoisotopic (exact) mass is 320 g/mol. The standard InChI is InChI=1S/C19H17FN4/c20-16-2-4-18(5-3-16)24-10-8-17(23-24)13-21-12-14-1-6-19-15(11-14)7-9-22-19/h1-11,21-22H,12-13H2. The molecule has 2 aromatic carbocycles. The molecule has 0 aliphatic carbocycles. The van der Waals surface area contributed by atoms with Gasteiger partial charge in [0.05, 0.1) is 11.4 Å². The van der Waals surface area contributed by atoms with Crippen molar-refractivity contribution in [3.8, 4) is 5.69 Å². The fourth-order valence-electron chi connectivity index (χ4n) is 2.74. The smallest absolute Gasteiger partial charge is 0.123 e. The third kappa shape index (κ3) is 3.07. The maximum Gasteiger partial charge on any atom is 0.123 e. The topological polar surface area (TPSA) is 45.6 Å². The number of halogens is 1. The minimum Gasteiger partial charge on any atom is -0.361 e. The molecule has 5 heteroatoms. The van der Waals surface area contributed by atoms with Gasteiger partial charge in [-0.25, -0.2) is 9.07 Å². The van der Waals surface area contributed by atoms with Crippen LogP contribution in [0.2, 0.25) is 0 Å². The van der Waals surface area contributed by atoms with Crippen molar-refractivity contribution in [2.45, 2.75) is 13.1 Å². The summed E-state index contributed by atoms with van der Waals surface area (Å²) in [5.41, 5.74) is 4.18. The Labute approximate surface area is 138 Å². The van der Waals surface area contributed by atoms with Gasteiger partial charge in [-0.05, 0) is 59.5 Å². The van der Waals surface area contributed by atoms with E-state index in [-0.39, 0.29) is 5.82 Å². The number of nitrogens with zero attached hydrogens (tertiary/aromatic N) is 2. The molecule has 2 aromatic heterocycles. The zero-order valence-electron chi connectivity index (χ0n) is 13.0. The zero-order chi connectivity index (χ0) is 16.4. The molecule has 0 fully saturated rings. The first-order valence-corrected chi connectivity index (χ1v) is 7.85. The number of aromatic amines is 1. The van der Waals surface area contributed by atoms with Crippen LogP contribution in [0.25, 0.3) is 16.6 Å². The van der Waals surface area contributed by atoms with Gasteiger partial charge >= 0.3 is 0 Å². The lowest BCUT2D eigenvalue weighted by Crippen LogP contribution is -2.13. The molecule has 0 amide bonds. The first kappa shape index (κ1) is 14.7. The van der Waals surface area contributed by atoms with Crippen molar-refractivity contribution in [2.75, 3.05) is 0 Å². The van der Waals surface area contributed by atoms with Gasteiger partial charge < -0.3 is 10.3 Å². The Bertz CT molecular complexity index is 953. The molecule has 4 nitrogen and oxygen atoms in total. The molecule has 0 spiro atoms. The van der Waals surface area contributed by atoms with Crippen LogP contribution in [-0.4, -0.2) is 14.8 Å². The molecule has 0 aliphatic rings. The fourth-order valence-corrected chi connectivity index (χ4v) is 2.74. The number of rotatable bonds is 5. The molecule has 0 saturated carbocycles. The maximum absolute atomic E-state index is 13.0. The summed E-state index contributed by atoms with van der Waals surface area (Å²) in [6.07, 6.45) is 3.83. The second-order valence-corrected chi connectivity index (χ2v) is 5.73. The second kappa shape index (κ2) is 6.29. The Morgan fingerprint density at radius 2 is 1.88 bits per heavy atom. The lowest BCUT2D eigenvalue weighted by molar-refractivity contribution is 0.626. The van der Waals surface area contributed by atoms with Crippen molar-refractivity contribution in [1.82, 2.24) is 20.1 Å². The van der Waals surface area contributed by atoms with Crippen molar-refractivity contribution in [2.24, 2.45) is 0 Å². The lowest BCUT2D eigenvalue weighted by Gasteiger charge is -2.04. The van der Waals surface area contributed by atoms with Gasteiger partial charge in [-0.3, -0.25) is 0 Å². The van der Waals surface area contributed by atoms with Gasteiger partial charge in [0.2, 0.25) is 0 Å². The summed E-state index contributed by atoms with van der Waals surface area (Å²) in [5.74, 6) is -0.243. The van der Waals surface area contributed by atoms with E-state index in [2.05, 4.69) is 39.7 Å². The molecule has 4 rings (SSSR count). The van der Waals surface area contributed by atoms with Crippen molar-refractivity contribution < 1.29 is 4.39 Å². The minimum atomic E-state index is -0.243. The van der Waals surface area contributed by atoms with E-state index in [1.54, 1.807) is 16.8 Å². The van der Waals surface area contributed by atoms with Crippen LogP contribution in [0.5, 0.6) is 0 Å². The number of benzene rings is 2. The van der Waals surface area contributed by atoms with E-state index < -0.39 is 0 Å². The highest BCUT2D eigenvalue weighted by atomic mass is 19.1. The Morgan fingerprint density at radius 3 is 2.75 bits per heavy atom. The van der Waals surface area contributed by atoms with E-state index >= 15 is 0 Å². The van der Waals surface area contributed by atoms with Gasteiger partial charge in [0, 0.05) is 31.0 Å². The largest absolute Gasteiger partial charge is 0.361 e. The lowest BCUT2D eigenvalue weighted by atomic mass is 10.1. The Morgan fingerprint density at radius 1 is 1.00 bits per heavy atom. The summed E-state index contributed by atoms with van der Waals surface area (Å²) in [5, 5.41) is 9.13. The van der Waals surface area contributed by atoms with Crippen LogP contribution < -0.4 is 5.32 Å². The predicted octanol–water partition coefficient (Wildman–Crippen LogP) is 3.78. The van der Waals surface area contributed by atoms with Crippen LogP contribution in [-0.2, 0) is 13.1 Å². The number of fused-ring (bicyclic) bond motifs is 1. The van der Waals surface area contributed by atoms with Crippen LogP contribution in [0.1, 0.15) is 11.3 Å². The predicted molar refractivity (Wildman–Crippen MR) is 92.4 cm³/mol. The number of hydrogen-bond donors (Lipinski definition) is 2. The number of H-pyrrole nitrogens is 1. The molecule has 2 N–H and O–H groups in total. The molecule has 2 heterocycles. The zero-order valence-corrected chi connectivity index (χ0v) is 13.0. The Hall–Kier alpha value is -2.92. The summed E-state index contributed by atoms with van der Waals surface area (Å²) >= 11 is 0. The molecule has 0 radical (unpaired) electrons. The van der Waals surface area contributed by atoms with Crippen LogP contribution in [0.15, 0.2) is 67.0 Å². The molecule has 0 atom stereocenters. The average molecular weight is 320 g/mol. The van der Waals surface area contributed by atoms with Crippen LogP contribution in [0.3, 0.4) is 0 Å². The van der Waals surface area contributed by atoms with Crippen molar-refractivity contribution in [3.05, 3.63) is 84.1 Å². The molecule has 0 aliphatic heterocycles. The highest BCUT2D eigenvalue weighted by molar-refractivity contribution is 5.79. The molecular formula is C19H17FN4. The second-order valence-electron chi connectivity index (χ2n) is 5.73. The first-order chi connectivity index (χ1) is 11.8. The van der Waals surface area contributed by atoms with Gasteiger partial charge in [0.25, 0.3) is 0 Å². The molecule has 0 saturated heterocycles. The minimum absolute atomic E-state index is 0.243. The van der Waals surface area contributed by atoms with Gasteiger partial charge in [-0.15, -0.1) is 0 Å². The highest BCUT2D eigenvalue weighted by Gasteiger charge is 2.02. The van der Waals surface area contributed by atoms with E-state index in [1.807, 2.05) is 18.5 Å². The number of aromatic nitrogens is 3. The summed E-state index contributed by atoms with van der Waals surface area (Å²) in [7, 11) is 0. The normalized spacial score (nSPS) is 11.2. The SMILES string of the molecule is Fc1ccc(-n2ccc(CNCc3ccc4[nH]ccc4c3)n2)cc1. The van der Waals surface area contributed by atoms with E-state index in [4.69, 9.17) is 0 Å². The highest BCUT2D eigenvalue weighted by Crippen LogP contribution is 2.14. The van der Waals surface area contributed by atoms with Gasteiger partial charge in [-0.1, -0.05) is 6.07 Å². The number of hydrogen-bond acceptors (Lipinski definition) is 2. The van der Waals surface area contributed by atoms with Gasteiger partial charge in [-0.2, -0.15) is 5.10 Å². The number of nitrogens with one attached hydrogen (secondary N) is 2. The summed E-state index contributed by atoms with van der Waals surface area (Å²) in [6.45, 7) is 1.46. The van der Waals surface area contributed by atoms with E-state index in [0.29, 0.717) is 6.54 Å². The summed E-state index contributed by atoms with van der Waals surface area (Å²) < 4.78 is 14.7. The van der Waals surface area contributed by atoms with E-state index in [9.17, 15) is 4.39 Å². The van der Waals surface area contributed by atoms with Crippen molar-refractivity contribution >= 4 is 10.9 Å². The molecule has 0 unspecified atom stereocenters. The van der Waals surface area contributed by atoms with Crippen LogP contribution in [0.4, 0.5) is 4.39 Å².